The molecule has 0 aliphatic heterocycles. The number of halogens is 1. The summed E-state index contributed by atoms with van der Waals surface area (Å²) in [5, 5.41) is 2.93. The number of ether oxygens (including phenoxy) is 1. The summed E-state index contributed by atoms with van der Waals surface area (Å²) >= 11 is 3.39. The first-order chi connectivity index (χ1) is 19.2. The minimum absolute atomic E-state index is 0.0643. The summed E-state index contributed by atoms with van der Waals surface area (Å²) < 4.78 is 34.8. The predicted octanol–water partition coefficient (Wildman–Crippen LogP) is 5.38. The SMILES string of the molecule is CCCCNC(=O)C(CC)N(Cc1cccc(OC)c1)C(=O)CN(c1ccc(Br)cc1)S(=O)(=O)c1ccccc1. The molecule has 2 amide bonds. The Morgan fingerprint density at radius 3 is 2.30 bits per heavy atom. The van der Waals surface area contributed by atoms with Crippen LogP contribution in [0.4, 0.5) is 5.69 Å². The molecule has 3 rings (SSSR count). The van der Waals surface area contributed by atoms with Gasteiger partial charge in [-0.3, -0.25) is 13.9 Å². The van der Waals surface area contributed by atoms with Crippen LogP contribution in [0.15, 0.2) is 88.2 Å². The number of methoxy groups -OCH3 is 1. The summed E-state index contributed by atoms with van der Waals surface area (Å²) in [4.78, 5) is 28.8. The molecule has 0 aliphatic rings. The number of anilines is 1. The smallest absolute Gasteiger partial charge is 0.264 e. The first-order valence-electron chi connectivity index (χ1n) is 13.2. The lowest BCUT2D eigenvalue weighted by Crippen LogP contribution is -2.52. The van der Waals surface area contributed by atoms with Gasteiger partial charge in [-0.25, -0.2) is 8.42 Å². The van der Waals surface area contributed by atoms with Gasteiger partial charge >= 0.3 is 0 Å². The molecule has 40 heavy (non-hydrogen) atoms. The molecule has 0 radical (unpaired) electrons. The molecule has 0 heterocycles. The van der Waals surface area contributed by atoms with Crippen LogP contribution in [-0.4, -0.2) is 51.4 Å². The van der Waals surface area contributed by atoms with E-state index in [0.29, 0.717) is 24.4 Å². The second-order valence-corrected chi connectivity index (χ2v) is 12.0. The molecule has 3 aromatic rings. The van der Waals surface area contributed by atoms with E-state index in [0.717, 1.165) is 27.2 Å². The standard InChI is InChI=1S/C30H36BrN3O5S/c1-4-6-19-32-30(36)28(5-2)33(21-23-11-10-12-26(20-23)39-3)29(35)22-34(25-17-15-24(31)16-18-25)40(37,38)27-13-8-7-9-14-27/h7-18,20,28H,4-6,19,21-22H2,1-3H3,(H,32,36). The van der Waals surface area contributed by atoms with Crippen molar-refractivity contribution in [2.75, 3.05) is 24.5 Å². The molecule has 0 aromatic heterocycles. The highest BCUT2D eigenvalue weighted by Gasteiger charge is 2.33. The van der Waals surface area contributed by atoms with Gasteiger partial charge in [0.25, 0.3) is 10.0 Å². The summed E-state index contributed by atoms with van der Waals surface area (Å²) in [6.07, 6.45) is 2.10. The van der Waals surface area contributed by atoms with Gasteiger partial charge in [0.05, 0.1) is 17.7 Å². The fraction of sp³-hybridized carbons (Fsp3) is 0.333. The molecule has 0 fully saturated rings. The van der Waals surface area contributed by atoms with Gasteiger partial charge in [0.15, 0.2) is 0 Å². The van der Waals surface area contributed by atoms with Crippen molar-refractivity contribution < 1.29 is 22.7 Å². The van der Waals surface area contributed by atoms with Gasteiger partial charge in [-0.2, -0.15) is 0 Å². The van der Waals surface area contributed by atoms with Crippen molar-refractivity contribution in [2.24, 2.45) is 0 Å². The second-order valence-electron chi connectivity index (χ2n) is 9.24. The number of unbranched alkanes of at least 4 members (excludes halogenated alkanes) is 1. The van der Waals surface area contributed by atoms with Crippen LogP contribution in [0.5, 0.6) is 5.75 Å². The third-order valence-electron chi connectivity index (χ3n) is 6.43. The number of hydrogen-bond donors (Lipinski definition) is 1. The summed E-state index contributed by atoms with van der Waals surface area (Å²) in [6.45, 7) is 3.99. The molecule has 0 saturated carbocycles. The number of sulfonamides is 1. The summed E-state index contributed by atoms with van der Waals surface area (Å²) in [6, 6.07) is 21.2. The average molecular weight is 631 g/mol. The lowest BCUT2D eigenvalue weighted by atomic mass is 10.1. The van der Waals surface area contributed by atoms with Crippen LogP contribution in [0.1, 0.15) is 38.7 Å². The number of nitrogens with zero attached hydrogens (tertiary/aromatic N) is 2. The molecule has 8 nitrogen and oxygen atoms in total. The summed E-state index contributed by atoms with van der Waals surface area (Å²) in [5.41, 5.74) is 1.09. The topological polar surface area (TPSA) is 96.0 Å². The van der Waals surface area contributed by atoms with Crippen molar-refractivity contribution in [3.05, 3.63) is 88.9 Å². The zero-order valence-electron chi connectivity index (χ0n) is 23.0. The quantitative estimate of drug-likeness (QED) is 0.242. The maximum atomic E-state index is 14.1. The molecule has 0 spiro atoms. The Hall–Kier alpha value is -3.37. The van der Waals surface area contributed by atoms with Crippen molar-refractivity contribution in [3.8, 4) is 5.75 Å². The Morgan fingerprint density at radius 2 is 1.68 bits per heavy atom. The fourth-order valence-corrected chi connectivity index (χ4v) is 5.95. The van der Waals surface area contributed by atoms with Gasteiger partial charge in [0.1, 0.15) is 18.3 Å². The van der Waals surface area contributed by atoms with Crippen LogP contribution in [0.2, 0.25) is 0 Å². The summed E-state index contributed by atoms with van der Waals surface area (Å²) in [7, 11) is -2.54. The van der Waals surface area contributed by atoms with E-state index in [4.69, 9.17) is 4.74 Å². The third-order valence-corrected chi connectivity index (χ3v) is 8.74. The van der Waals surface area contributed by atoms with Gasteiger partial charge in [-0.05, 0) is 66.9 Å². The van der Waals surface area contributed by atoms with E-state index in [-0.39, 0.29) is 17.3 Å². The molecule has 0 bridgehead atoms. The number of carbonyl (C=O) groups is 2. The van der Waals surface area contributed by atoms with E-state index >= 15 is 0 Å². The minimum atomic E-state index is -4.10. The first-order valence-corrected chi connectivity index (χ1v) is 15.5. The van der Waals surface area contributed by atoms with Crippen molar-refractivity contribution in [3.63, 3.8) is 0 Å². The molecule has 1 unspecified atom stereocenters. The highest BCUT2D eigenvalue weighted by atomic mass is 79.9. The van der Waals surface area contributed by atoms with Gasteiger partial charge in [0.2, 0.25) is 11.8 Å². The molecule has 1 atom stereocenters. The number of carbonyl (C=O) groups excluding carboxylic acids is 2. The Balaban J connectivity index is 2.02. The lowest BCUT2D eigenvalue weighted by Gasteiger charge is -2.33. The molecular weight excluding hydrogens is 594 g/mol. The minimum Gasteiger partial charge on any atom is -0.497 e. The predicted molar refractivity (Wildman–Crippen MR) is 161 cm³/mol. The molecule has 0 saturated heterocycles. The monoisotopic (exact) mass is 629 g/mol. The van der Waals surface area contributed by atoms with E-state index < -0.39 is 28.5 Å². The Kier molecular flexibility index (Phi) is 11.6. The number of benzene rings is 3. The molecular formula is C30H36BrN3O5S. The molecule has 1 N–H and O–H groups in total. The maximum absolute atomic E-state index is 14.1. The first kappa shape index (κ1) is 31.2. The van der Waals surface area contributed by atoms with Crippen LogP contribution in [0.3, 0.4) is 0 Å². The zero-order valence-corrected chi connectivity index (χ0v) is 25.4. The third kappa shape index (κ3) is 8.08. The van der Waals surface area contributed by atoms with E-state index in [2.05, 4.69) is 21.2 Å². The average Bonchev–Trinajstić information content (AvgIpc) is 2.97. The number of nitrogens with one attached hydrogen (secondary N) is 1. The number of rotatable bonds is 14. The second kappa shape index (κ2) is 14.9. The lowest BCUT2D eigenvalue weighted by molar-refractivity contribution is -0.140. The number of hydrogen-bond acceptors (Lipinski definition) is 5. The van der Waals surface area contributed by atoms with E-state index in [9.17, 15) is 18.0 Å². The fourth-order valence-electron chi connectivity index (χ4n) is 4.25. The van der Waals surface area contributed by atoms with Crippen molar-refractivity contribution in [2.45, 2.75) is 50.6 Å². The molecule has 0 aliphatic carbocycles. The normalized spacial score (nSPS) is 11.9. The largest absolute Gasteiger partial charge is 0.497 e. The zero-order chi connectivity index (χ0) is 29.1. The molecule has 214 valence electrons. The van der Waals surface area contributed by atoms with Crippen molar-refractivity contribution >= 4 is 43.5 Å². The highest BCUT2D eigenvalue weighted by Crippen LogP contribution is 2.26. The summed E-state index contributed by atoms with van der Waals surface area (Å²) in [5.74, 6) is -0.149. The van der Waals surface area contributed by atoms with Gasteiger partial charge in [-0.15, -0.1) is 0 Å². The van der Waals surface area contributed by atoms with Gasteiger partial charge in [0, 0.05) is 17.6 Å². The van der Waals surface area contributed by atoms with Gasteiger partial charge in [-0.1, -0.05) is 66.5 Å². The highest BCUT2D eigenvalue weighted by molar-refractivity contribution is 9.10. The van der Waals surface area contributed by atoms with Crippen LogP contribution < -0.4 is 14.4 Å². The Labute approximate surface area is 245 Å². The van der Waals surface area contributed by atoms with Crippen LogP contribution in [0.25, 0.3) is 0 Å². The van der Waals surface area contributed by atoms with E-state index in [1.807, 2.05) is 26.0 Å². The van der Waals surface area contributed by atoms with E-state index in [1.54, 1.807) is 61.7 Å². The van der Waals surface area contributed by atoms with Crippen molar-refractivity contribution in [1.29, 1.82) is 0 Å². The Morgan fingerprint density at radius 1 is 0.975 bits per heavy atom. The Bertz CT molecular complexity index is 1370. The van der Waals surface area contributed by atoms with Crippen LogP contribution in [0, 0.1) is 0 Å². The number of amides is 2. The molecule has 10 heteroatoms. The van der Waals surface area contributed by atoms with Crippen LogP contribution in [-0.2, 0) is 26.2 Å². The van der Waals surface area contributed by atoms with Crippen molar-refractivity contribution in [1.82, 2.24) is 10.2 Å². The van der Waals surface area contributed by atoms with Crippen LogP contribution >= 0.6 is 15.9 Å². The van der Waals surface area contributed by atoms with Gasteiger partial charge < -0.3 is 15.0 Å². The molecule has 3 aromatic carbocycles. The maximum Gasteiger partial charge on any atom is 0.264 e. The van der Waals surface area contributed by atoms with E-state index in [1.165, 1.54) is 17.0 Å².